The number of hydrogen-bond acceptors (Lipinski definition) is 3. The number of fused-ring (bicyclic) bond motifs is 1. The Balaban J connectivity index is 1.83. The Hall–Kier alpha value is -1.87. The third kappa shape index (κ3) is 2.09. The lowest BCUT2D eigenvalue weighted by Gasteiger charge is -2.25. The minimum absolute atomic E-state index is 0.0555. The van der Waals surface area contributed by atoms with Gasteiger partial charge in [0.05, 0.1) is 18.6 Å². The fraction of sp³-hybridized carbons (Fsp3) is 0.267. The molecular formula is C15H15NO2. The number of nitrogens with one attached hydrogen (secondary N) is 1. The molecule has 92 valence electrons. The molecule has 1 atom stereocenters. The Morgan fingerprint density at radius 3 is 3.00 bits per heavy atom. The summed E-state index contributed by atoms with van der Waals surface area (Å²) < 4.78 is 5.24. The molecule has 1 unspecified atom stereocenters. The minimum Gasteiger partial charge on any atom is -0.469 e. The lowest BCUT2D eigenvalue weighted by Crippen LogP contribution is -2.33. The van der Waals surface area contributed by atoms with Crippen molar-refractivity contribution in [1.29, 1.82) is 0 Å². The van der Waals surface area contributed by atoms with Gasteiger partial charge < -0.3 is 9.73 Å². The molecule has 2 aromatic rings. The van der Waals surface area contributed by atoms with Crippen molar-refractivity contribution in [1.82, 2.24) is 5.32 Å². The zero-order valence-electron chi connectivity index (χ0n) is 10.1. The Bertz CT molecular complexity index is 545. The first kappa shape index (κ1) is 11.2. The van der Waals surface area contributed by atoms with Crippen molar-refractivity contribution < 1.29 is 9.21 Å². The summed E-state index contributed by atoms with van der Waals surface area (Å²) in [6.45, 7) is 1.57. The van der Waals surface area contributed by atoms with Crippen LogP contribution in [-0.4, -0.2) is 12.3 Å². The second-order valence-corrected chi connectivity index (χ2v) is 4.60. The van der Waals surface area contributed by atoms with Gasteiger partial charge in [-0.1, -0.05) is 24.3 Å². The molecule has 1 N–H and O–H groups in total. The van der Waals surface area contributed by atoms with Crippen molar-refractivity contribution in [2.45, 2.75) is 18.9 Å². The van der Waals surface area contributed by atoms with Crippen LogP contribution < -0.4 is 5.32 Å². The van der Waals surface area contributed by atoms with E-state index in [2.05, 4.69) is 17.4 Å². The minimum atomic E-state index is -0.0555. The summed E-state index contributed by atoms with van der Waals surface area (Å²) in [5, 5.41) is 3.30. The zero-order chi connectivity index (χ0) is 12.4. The molecule has 3 rings (SSSR count). The first-order chi connectivity index (χ1) is 8.84. The molecule has 0 amide bonds. The Labute approximate surface area is 106 Å². The summed E-state index contributed by atoms with van der Waals surface area (Å²) in [5.74, 6) is 0.896. The average Bonchev–Trinajstić information content (AvgIpc) is 2.91. The quantitative estimate of drug-likeness (QED) is 0.896. The fourth-order valence-electron chi connectivity index (χ4n) is 2.49. The molecular weight excluding hydrogens is 226 g/mol. The smallest absolute Gasteiger partial charge is 0.149 e. The van der Waals surface area contributed by atoms with E-state index in [1.807, 2.05) is 24.3 Å². The highest BCUT2D eigenvalue weighted by Gasteiger charge is 2.26. The molecule has 3 nitrogen and oxygen atoms in total. The first-order valence-corrected chi connectivity index (χ1v) is 6.18. The van der Waals surface area contributed by atoms with Gasteiger partial charge in [-0.3, -0.25) is 4.79 Å². The van der Waals surface area contributed by atoms with E-state index in [1.165, 1.54) is 5.56 Å². The maximum Gasteiger partial charge on any atom is 0.149 e. The molecule has 0 bridgehead atoms. The summed E-state index contributed by atoms with van der Waals surface area (Å²) in [7, 11) is 0. The van der Waals surface area contributed by atoms with Gasteiger partial charge in [-0.25, -0.2) is 0 Å². The Kier molecular flexibility index (Phi) is 2.99. The molecule has 3 heteroatoms. The van der Waals surface area contributed by atoms with Crippen molar-refractivity contribution in [2.24, 2.45) is 0 Å². The molecule has 1 aliphatic rings. The van der Waals surface area contributed by atoms with Crippen LogP contribution in [0.5, 0.6) is 0 Å². The van der Waals surface area contributed by atoms with Crippen LogP contribution in [0.3, 0.4) is 0 Å². The van der Waals surface area contributed by atoms with Crippen molar-refractivity contribution >= 4 is 5.78 Å². The largest absolute Gasteiger partial charge is 0.469 e. The highest BCUT2D eigenvalue weighted by atomic mass is 16.3. The second kappa shape index (κ2) is 4.78. The van der Waals surface area contributed by atoms with Gasteiger partial charge in [-0.2, -0.15) is 0 Å². The van der Waals surface area contributed by atoms with Crippen LogP contribution in [0.1, 0.15) is 22.8 Å². The molecule has 0 saturated carbocycles. The van der Waals surface area contributed by atoms with Crippen LogP contribution in [0.25, 0.3) is 0 Å². The topological polar surface area (TPSA) is 42.2 Å². The van der Waals surface area contributed by atoms with E-state index in [-0.39, 0.29) is 11.7 Å². The number of ketones is 1. The highest BCUT2D eigenvalue weighted by Crippen LogP contribution is 2.25. The van der Waals surface area contributed by atoms with Crippen LogP contribution in [0.4, 0.5) is 0 Å². The van der Waals surface area contributed by atoms with Gasteiger partial charge in [-0.15, -0.1) is 0 Å². The molecule has 1 aromatic heterocycles. The second-order valence-electron chi connectivity index (χ2n) is 4.60. The molecule has 1 aromatic carbocycles. The lowest BCUT2D eigenvalue weighted by atomic mass is 9.86. The molecule has 1 aliphatic heterocycles. The van der Waals surface area contributed by atoms with Crippen molar-refractivity contribution in [2.75, 3.05) is 6.54 Å². The molecule has 0 aliphatic carbocycles. The fourth-order valence-corrected chi connectivity index (χ4v) is 2.49. The summed E-state index contributed by atoms with van der Waals surface area (Å²) >= 11 is 0. The van der Waals surface area contributed by atoms with E-state index < -0.39 is 0 Å². The van der Waals surface area contributed by atoms with Gasteiger partial charge in [0, 0.05) is 13.1 Å². The summed E-state index contributed by atoms with van der Waals surface area (Å²) in [4.78, 5) is 12.3. The van der Waals surface area contributed by atoms with Crippen LogP contribution in [0.15, 0.2) is 47.1 Å². The number of carbonyl (C=O) groups excluding carboxylic acids is 1. The summed E-state index contributed by atoms with van der Waals surface area (Å²) in [6, 6.07) is 11.8. The van der Waals surface area contributed by atoms with Gasteiger partial charge >= 0.3 is 0 Å². The third-order valence-corrected chi connectivity index (χ3v) is 3.41. The van der Waals surface area contributed by atoms with Gasteiger partial charge in [0.1, 0.15) is 11.5 Å². The van der Waals surface area contributed by atoms with E-state index in [9.17, 15) is 4.79 Å². The lowest BCUT2D eigenvalue weighted by molar-refractivity contribution is -0.120. The van der Waals surface area contributed by atoms with Crippen molar-refractivity contribution in [3.63, 3.8) is 0 Å². The summed E-state index contributed by atoms with van der Waals surface area (Å²) in [5.41, 5.74) is 2.38. The van der Waals surface area contributed by atoms with Crippen LogP contribution in [0, 0.1) is 0 Å². The molecule has 0 saturated heterocycles. The van der Waals surface area contributed by atoms with Crippen molar-refractivity contribution in [3.05, 3.63) is 59.5 Å². The number of benzene rings is 1. The van der Waals surface area contributed by atoms with Gasteiger partial charge in [0.2, 0.25) is 0 Å². The van der Waals surface area contributed by atoms with E-state index in [0.29, 0.717) is 6.42 Å². The van der Waals surface area contributed by atoms with Gasteiger partial charge in [0.15, 0.2) is 0 Å². The first-order valence-electron chi connectivity index (χ1n) is 6.18. The highest BCUT2D eigenvalue weighted by molar-refractivity contribution is 5.88. The number of furan rings is 1. The maximum absolute atomic E-state index is 12.3. The molecule has 0 fully saturated rings. The summed E-state index contributed by atoms with van der Waals surface area (Å²) in [6.07, 6.45) is 1.98. The SMILES string of the molecule is O=C(Cc1ccco1)C1CNCc2ccccc21. The maximum atomic E-state index is 12.3. The molecule has 2 heterocycles. The Morgan fingerprint density at radius 2 is 2.17 bits per heavy atom. The average molecular weight is 241 g/mol. The normalized spacial score (nSPS) is 18.3. The van der Waals surface area contributed by atoms with Crippen LogP contribution in [0.2, 0.25) is 0 Å². The monoisotopic (exact) mass is 241 g/mol. The van der Waals surface area contributed by atoms with Gasteiger partial charge in [0.25, 0.3) is 0 Å². The van der Waals surface area contributed by atoms with E-state index in [0.717, 1.165) is 24.4 Å². The van der Waals surface area contributed by atoms with Crippen LogP contribution in [-0.2, 0) is 17.8 Å². The number of carbonyl (C=O) groups is 1. The third-order valence-electron chi connectivity index (χ3n) is 3.41. The van der Waals surface area contributed by atoms with Gasteiger partial charge in [-0.05, 0) is 23.3 Å². The zero-order valence-corrected chi connectivity index (χ0v) is 10.1. The predicted molar refractivity (Wildman–Crippen MR) is 68.3 cm³/mol. The Morgan fingerprint density at radius 1 is 1.28 bits per heavy atom. The van der Waals surface area contributed by atoms with Crippen LogP contribution >= 0.6 is 0 Å². The number of hydrogen-bond donors (Lipinski definition) is 1. The molecule has 0 radical (unpaired) electrons. The molecule has 0 spiro atoms. The number of rotatable bonds is 3. The van der Waals surface area contributed by atoms with E-state index in [4.69, 9.17) is 4.42 Å². The van der Waals surface area contributed by atoms with E-state index in [1.54, 1.807) is 6.26 Å². The number of Topliss-reactive ketones (excluding diaryl/α,β-unsaturated/α-hetero) is 1. The van der Waals surface area contributed by atoms with Crippen molar-refractivity contribution in [3.8, 4) is 0 Å². The molecule has 18 heavy (non-hydrogen) atoms. The standard InChI is InChI=1S/C15H15NO2/c17-15(8-12-5-3-7-18-12)14-10-16-9-11-4-1-2-6-13(11)14/h1-7,14,16H,8-10H2. The predicted octanol–water partition coefficient (Wildman–Crippen LogP) is 2.28. The van der Waals surface area contributed by atoms with E-state index >= 15 is 0 Å².